The molecule has 6 nitrogen and oxygen atoms in total. The van der Waals surface area contributed by atoms with Gasteiger partial charge in [-0.2, -0.15) is 0 Å². The fourth-order valence-electron chi connectivity index (χ4n) is 3.12. The van der Waals surface area contributed by atoms with Gasteiger partial charge in [-0.25, -0.2) is 0 Å². The molecule has 2 aliphatic rings. The maximum absolute atomic E-state index is 12.3. The Morgan fingerprint density at radius 2 is 0.773 bits per heavy atom. The summed E-state index contributed by atoms with van der Waals surface area (Å²) in [5.74, 6) is -1.72. The highest BCUT2D eigenvalue weighted by molar-refractivity contribution is 6.33. The number of imide groups is 2. The molecule has 4 amide bonds. The summed E-state index contributed by atoms with van der Waals surface area (Å²) in [5, 5.41) is 0.802. The minimum Gasteiger partial charge on any atom is -0.277 e. The molecule has 2 aromatic rings. The van der Waals surface area contributed by atoms with Crippen molar-refractivity contribution >= 4 is 34.4 Å². The van der Waals surface area contributed by atoms with Crippen molar-refractivity contribution in [1.29, 1.82) is 0 Å². The van der Waals surface area contributed by atoms with Crippen LogP contribution in [-0.2, 0) is 0 Å². The third kappa shape index (κ3) is 1.25. The molecule has 0 N–H and O–H groups in total. The van der Waals surface area contributed by atoms with Gasteiger partial charge in [0.15, 0.2) is 0 Å². The maximum Gasteiger partial charge on any atom is 0.261 e. The SMILES string of the molecule is CN1C(=O)c2ccc3c4c(ccc(c24)C1=O)C(=O)N(C)C3=O. The molecule has 0 radical (unpaired) electrons. The molecule has 2 heterocycles. The summed E-state index contributed by atoms with van der Waals surface area (Å²) < 4.78 is 0. The first-order valence-electron chi connectivity index (χ1n) is 6.68. The number of carbonyl (C=O) groups is 4. The standard InChI is InChI=1S/C16H10N2O4/c1-17-13(19)7-3-5-9-12-10(16(22)18(2)15(9)21)6-4-8(11(7)12)14(17)20/h3-6H,1-2H3. The third-order valence-electron chi connectivity index (χ3n) is 4.30. The van der Waals surface area contributed by atoms with Crippen molar-refractivity contribution in [3.8, 4) is 0 Å². The van der Waals surface area contributed by atoms with E-state index >= 15 is 0 Å². The van der Waals surface area contributed by atoms with Crippen molar-refractivity contribution in [1.82, 2.24) is 9.80 Å². The summed E-state index contributed by atoms with van der Waals surface area (Å²) in [7, 11) is 2.83. The molecule has 22 heavy (non-hydrogen) atoms. The molecule has 0 saturated heterocycles. The van der Waals surface area contributed by atoms with E-state index in [0.29, 0.717) is 33.0 Å². The zero-order valence-corrected chi connectivity index (χ0v) is 11.8. The van der Waals surface area contributed by atoms with Crippen molar-refractivity contribution in [2.45, 2.75) is 0 Å². The van der Waals surface area contributed by atoms with Gasteiger partial charge in [-0.1, -0.05) is 0 Å². The van der Waals surface area contributed by atoms with Crippen molar-refractivity contribution < 1.29 is 19.2 Å². The van der Waals surface area contributed by atoms with Crippen LogP contribution in [0.25, 0.3) is 10.8 Å². The van der Waals surface area contributed by atoms with E-state index in [4.69, 9.17) is 0 Å². The van der Waals surface area contributed by atoms with Crippen molar-refractivity contribution in [3.63, 3.8) is 0 Å². The largest absolute Gasteiger partial charge is 0.277 e. The number of hydrogen-bond donors (Lipinski definition) is 0. The van der Waals surface area contributed by atoms with Gasteiger partial charge in [-0.3, -0.25) is 29.0 Å². The number of nitrogens with zero attached hydrogens (tertiary/aromatic N) is 2. The molecular formula is C16H10N2O4. The number of rotatable bonds is 0. The lowest BCUT2D eigenvalue weighted by Gasteiger charge is -2.29. The highest BCUT2D eigenvalue weighted by Crippen LogP contribution is 2.36. The molecule has 0 saturated carbocycles. The van der Waals surface area contributed by atoms with E-state index in [9.17, 15) is 19.2 Å². The second-order valence-electron chi connectivity index (χ2n) is 5.41. The van der Waals surface area contributed by atoms with E-state index in [2.05, 4.69) is 0 Å². The molecule has 0 fully saturated rings. The maximum atomic E-state index is 12.3. The van der Waals surface area contributed by atoms with Gasteiger partial charge < -0.3 is 0 Å². The molecular weight excluding hydrogens is 284 g/mol. The lowest BCUT2D eigenvalue weighted by molar-refractivity contribution is 0.0629. The van der Waals surface area contributed by atoms with Crippen molar-refractivity contribution in [2.75, 3.05) is 14.1 Å². The molecule has 0 aliphatic carbocycles. The second-order valence-corrected chi connectivity index (χ2v) is 5.41. The minimum atomic E-state index is -0.431. The van der Waals surface area contributed by atoms with Crippen LogP contribution in [0.3, 0.4) is 0 Å². The van der Waals surface area contributed by atoms with Crippen LogP contribution >= 0.6 is 0 Å². The van der Waals surface area contributed by atoms with E-state index in [1.165, 1.54) is 38.4 Å². The molecule has 2 aromatic carbocycles. The fraction of sp³-hybridized carbons (Fsp3) is 0.125. The monoisotopic (exact) mass is 294 g/mol. The van der Waals surface area contributed by atoms with Gasteiger partial charge >= 0.3 is 0 Å². The zero-order chi connectivity index (χ0) is 15.8. The second kappa shape index (κ2) is 3.79. The van der Waals surface area contributed by atoms with Crippen LogP contribution in [0.1, 0.15) is 41.4 Å². The van der Waals surface area contributed by atoms with Crippen LogP contribution in [0.5, 0.6) is 0 Å². The van der Waals surface area contributed by atoms with Gasteiger partial charge in [0.05, 0.1) is 0 Å². The number of amides is 4. The summed E-state index contributed by atoms with van der Waals surface area (Å²) in [4.78, 5) is 51.3. The molecule has 0 unspecified atom stereocenters. The van der Waals surface area contributed by atoms with E-state index < -0.39 is 23.6 Å². The Morgan fingerprint density at radius 1 is 0.545 bits per heavy atom. The Balaban J connectivity index is 2.24. The van der Waals surface area contributed by atoms with Crippen molar-refractivity contribution in [3.05, 3.63) is 46.5 Å². The quantitative estimate of drug-likeness (QED) is 0.686. The van der Waals surface area contributed by atoms with Gasteiger partial charge in [0.2, 0.25) is 0 Å². The summed E-state index contributed by atoms with van der Waals surface area (Å²) in [6.45, 7) is 0. The highest BCUT2D eigenvalue weighted by atomic mass is 16.2. The lowest BCUT2D eigenvalue weighted by Crippen LogP contribution is -2.40. The molecule has 4 rings (SSSR count). The van der Waals surface area contributed by atoms with Crippen LogP contribution < -0.4 is 0 Å². The molecule has 0 spiro atoms. The van der Waals surface area contributed by atoms with Gasteiger partial charge in [0, 0.05) is 47.1 Å². The Bertz CT molecular complexity index is 798. The van der Waals surface area contributed by atoms with Crippen molar-refractivity contribution in [2.24, 2.45) is 0 Å². The Labute approximate surface area is 124 Å². The van der Waals surface area contributed by atoms with E-state index in [-0.39, 0.29) is 0 Å². The number of carbonyl (C=O) groups excluding carboxylic acids is 4. The molecule has 0 bridgehead atoms. The smallest absolute Gasteiger partial charge is 0.261 e. The minimum absolute atomic E-state index is 0.336. The summed E-state index contributed by atoms with van der Waals surface area (Å²) >= 11 is 0. The zero-order valence-electron chi connectivity index (χ0n) is 11.8. The van der Waals surface area contributed by atoms with E-state index in [1.54, 1.807) is 0 Å². The van der Waals surface area contributed by atoms with Gasteiger partial charge in [-0.05, 0) is 24.3 Å². The lowest BCUT2D eigenvalue weighted by atomic mass is 9.86. The first-order chi connectivity index (χ1) is 10.4. The van der Waals surface area contributed by atoms with Crippen LogP contribution in [-0.4, -0.2) is 47.5 Å². The van der Waals surface area contributed by atoms with Crippen LogP contribution in [0.15, 0.2) is 24.3 Å². The predicted molar refractivity (Wildman–Crippen MR) is 76.8 cm³/mol. The van der Waals surface area contributed by atoms with Gasteiger partial charge in [0.1, 0.15) is 0 Å². The third-order valence-corrected chi connectivity index (χ3v) is 4.30. The number of hydrogen-bond acceptors (Lipinski definition) is 4. The molecule has 0 aromatic heterocycles. The summed E-state index contributed by atoms with van der Waals surface area (Å²) in [6, 6.07) is 6.16. The Kier molecular flexibility index (Phi) is 2.19. The first-order valence-corrected chi connectivity index (χ1v) is 6.68. The van der Waals surface area contributed by atoms with Crippen LogP contribution in [0.2, 0.25) is 0 Å². The molecule has 2 aliphatic heterocycles. The summed E-state index contributed by atoms with van der Waals surface area (Å²) in [6.07, 6.45) is 0. The predicted octanol–water partition coefficient (Wildman–Crippen LogP) is 1.29. The average Bonchev–Trinajstić information content (AvgIpc) is 2.53. The van der Waals surface area contributed by atoms with E-state index in [0.717, 1.165) is 9.80 Å². The molecule has 0 atom stereocenters. The Hall–Kier alpha value is -3.02. The van der Waals surface area contributed by atoms with Crippen LogP contribution in [0.4, 0.5) is 0 Å². The molecule has 108 valence electrons. The number of benzene rings is 2. The van der Waals surface area contributed by atoms with Gasteiger partial charge in [0.25, 0.3) is 23.6 Å². The first kappa shape index (κ1) is 12.7. The van der Waals surface area contributed by atoms with Crippen LogP contribution in [0, 0.1) is 0 Å². The van der Waals surface area contributed by atoms with E-state index in [1.807, 2.05) is 0 Å². The Morgan fingerprint density at radius 3 is 1.00 bits per heavy atom. The highest BCUT2D eigenvalue weighted by Gasteiger charge is 2.37. The summed E-state index contributed by atoms with van der Waals surface area (Å²) in [5.41, 5.74) is 1.34. The topological polar surface area (TPSA) is 74.8 Å². The average molecular weight is 294 g/mol. The molecule has 6 heteroatoms. The fourth-order valence-corrected chi connectivity index (χ4v) is 3.12. The van der Waals surface area contributed by atoms with Gasteiger partial charge in [-0.15, -0.1) is 0 Å². The normalized spacial score (nSPS) is 16.8.